The topological polar surface area (TPSA) is 66.7 Å². The minimum atomic E-state index is -0.497. The summed E-state index contributed by atoms with van der Waals surface area (Å²) in [5.74, 6) is -0.906. The minimum absolute atomic E-state index is 0.0394. The van der Waals surface area contributed by atoms with Crippen molar-refractivity contribution >= 4 is 11.5 Å². The van der Waals surface area contributed by atoms with Crippen molar-refractivity contribution < 1.29 is 18.5 Å². The molecule has 0 saturated carbocycles. The minimum Gasteiger partial charge on any atom is -0.300 e. The Morgan fingerprint density at radius 1 is 1.00 bits per heavy atom. The highest BCUT2D eigenvalue weighted by Crippen LogP contribution is 2.16. The predicted octanol–water partition coefficient (Wildman–Crippen LogP) is 3.26. The molecule has 1 fully saturated rings. The summed E-state index contributed by atoms with van der Waals surface area (Å²) in [6.45, 7) is 3.86. The van der Waals surface area contributed by atoms with Crippen molar-refractivity contribution in [3.63, 3.8) is 0 Å². The summed E-state index contributed by atoms with van der Waals surface area (Å²) in [6, 6.07) is 9.10. The number of nitro groups is 1. The fraction of sp³-hybridized carbons (Fsp3) is 0.350. The van der Waals surface area contributed by atoms with Gasteiger partial charge in [-0.3, -0.25) is 19.8 Å². The number of piperazine rings is 1. The van der Waals surface area contributed by atoms with Crippen molar-refractivity contribution in [2.24, 2.45) is 0 Å². The largest absolute Gasteiger partial charge is 0.300 e. The van der Waals surface area contributed by atoms with Crippen molar-refractivity contribution in [3.8, 4) is 0 Å². The summed E-state index contributed by atoms with van der Waals surface area (Å²) in [7, 11) is 0. The predicted molar refractivity (Wildman–Crippen MR) is 100 cm³/mol. The zero-order valence-electron chi connectivity index (χ0n) is 15.3. The second-order valence-corrected chi connectivity index (χ2v) is 6.83. The number of benzene rings is 2. The Labute approximate surface area is 161 Å². The third kappa shape index (κ3) is 5.17. The highest BCUT2D eigenvalue weighted by atomic mass is 19.1. The number of hydrogen-bond donors (Lipinski definition) is 0. The summed E-state index contributed by atoms with van der Waals surface area (Å²) >= 11 is 0. The van der Waals surface area contributed by atoms with E-state index in [2.05, 4.69) is 9.80 Å². The van der Waals surface area contributed by atoms with Gasteiger partial charge in [-0.1, -0.05) is 0 Å². The summed E-state index contributed by atoms with van der Waals surface area (Å²) in [5.41, 5.74) is 0.773. The molecule has 1 heterocycles. The van der Waals surface area contributed by atoms with Gasteiger partial charge in [-0.15, -0.1) is 0 Å². The SMILES string of the molecule is O=C(CCN1CCN(Cc2cc(F)ccc2F)CC1)c1ccc([N+](=O)[O-])cc1. The molecule has 0 unspecified atom stereocenters. The van der Waals surface area contributed by atoms with Crippen molar-refractivity contribution in [1.82, 2.24) is 9.80 Å². The van der Waals surface area contributed by atoms with Crippen molar-refractivity contribution in [2.75, 3.05) is 32.7 Å². The number of nitrogens with zero attached hydrogens (tertiary/aromatic N) is 3. The third-order valence-electron chi connectivity index (χ3n) is 4.92. The second-order valence-electron chi connectivity index (χ2n) is 6.83. The van der Waals surface area contributed by atoms with Crippen LogP contribution in [0.3, 0.4) is 0 Å². The Hall–Kier alpha value is -2.71. The monoisotopic (exact) mass is 389 g/mol. The summed E-state index contributed by atoms with van der Waals surface area (Å²) in [6.07, 6.45) is 0.330. The van der Waals surface area contributed by atoms with Crippen LogP contribution in [0.4, 0.5) is 14.5 Å². The Morgan fingerprint density at radius 3 is 2.29 bits per heavy atom. The van der Waals surface area contributed by atoms with Crippen LogP contribution in [0.1, 0.15) is 22.3 Å². The maximum atomic E-state index is 13.8. The molecule has 0 bridgehead atoms. The number of rotatable bonds is 7. The number of non-ortho nitro benzene ring substituents is 1. The van der Waals surface area contributed by atoms with Gasteiger partial charge in [0.15, 0.2) is 5.78 Å². The van der Waals surface area contributed by atoms with Gasteiger partial charge in [-0.05, 0) is 30.3 Å². The number of carbonyl (C=O) groups excluding carboxylic acids is 1. The van der Waals surface area contributed by atoms with E-state index >= 15 is 0 Å². The maximum Gasteiger partial charge on any atom is 0.269 e. The average molecular weight is 389 g/mol. The molecule has 0 amide bonds. The summed E-state index contributed by atoms with van der Waals surface area (Å²) in [4.78, 5) is 26.6. The van der Waals surface area contributed by atoms with Crippen LogP contribution in [0.5, 0.6) is 0 Å². The van der Waals surface area contributed by atoms with Gasteiger partial charge in [-0.2, -0.15) is 0 Å². The van der Waals surface area contributed by atoms with Crippen molar-refractivity contribution in [1.29, 1.82) is 0 Å². The Bertz CT molecular complexity index is 850. The van der Waals surface area contributed by atoms with Gasteiger partial charge >= 0.3 is 0 Å². The Morgan fingerprint density at radius 2 is 1.64 bits per heavy atom. The lowest BCUT2D eigenvalue weighted by Gasteiger charge is -2.34. The highest BCUT2D eigenvalue weighted by molar-refractivity contribution is 5.96. The number of nitro benzene ring substituents is 1. The number of halogens is 2. The van der Waals surface area contributed by atoms with Crippen LogP contribution in [0.15, 0.2) is 42.5 Å². The molecule has 0 radical (unpaired) electrons. The van der Waals surface area contributed by atoms with E-state index in [-0.39, 0.29) is 11.5 Å². The van der Waals surface area contributed by atoms with Crippen LogP contribution < -0.4 is 0 Å². The average Bonchev–Trinajstić information content (AvgIpc) is 2.70. The molecule has 148 valence electrons. The standard InChI is InChI=1S/C20H21F2N3O3/c21-17-3-6-19(22)16(13-17)14-24-11-9-23(10-12-24)8-7-20(26)15-1-4-18(5-2-15)25(27)28/h1-6,13H,7-12,14H2. The number of ketones is 1. The van der Waals surface area contributed by atoms with Crippen LogP contribution in [0.2, 0.25) is 0 Å². The van der Waals surface area contributed by atoms with Gasteiger partial charge in [0.1, 0.15) is 11.6 Å². The molecule has 8 heteroatoms. The van der Waals surface area contributed by atoms with Gasteiger partial charge in [0.25, 0.3) is 5.69 Å². The maximum absolute atomic E-state index is 13.8. The molecule has 0 atom stereocenters. The van der Waals surface area contributed by atoms with Crippen molar-refractivity contribution in [2.45, 2.75) is 13.0 Å². The van der Waals surface area contributed by atoms with Crippen LogP contribution >= 0.6 is 0 Å². The Balaban J connectivity index is 1.44. The molecule has 0 aliphatic carbocycles. The first-order valence-electron chi connectivity index (χ1n) is 9.08. The molecular weight excluding hydrogens is 368 g/mol. The first-order chi connectivity index (χ1) is 13.4. The van der Waals surface area contributed by atoms with Crippen LogP contribution in [0, 0.1) is 21.7 Å². The number of Topliss-reactive ketones (excluding diaryl/α,β-unsaturated/α-hetero) is 1. The molecule has 3 rings (SSSR count). The molecule has 0 N–H and O–H groups in total. The number of carbonyl (C=O) groups is 1. The number of hydrogen-bond acceptors (Lipinski definition) is 5. The zero-order valence-corrected chi connectivity index (χ0v) is 15.3. The molecule has 6 nitrogen and oxygen atoms in total. The smallest absolute Gasteiger partial charge is 0.269 e. The van der Waals surface area contributed by atoms with Gasteiger partial charge in [0, 0.05) is 68.9 Å². The van der Waals surface area contributed by atoms with Crippen LogP contribution in [-0.2, 0) is 6.54 Å². The molecular formula is C20H21F2N3O3. The highest BCUT2D eigenvalue weighted by Gasteiger charge is 2.19. The van der Waals surface area contributed by atoms with Crippen molar-refractivity contribution in [3.05, 3.63) is 75.3 Å². The molecule has 2 aromatic carbocycles. The molecule has 0 aromatic heterocycles. The van der Waals surface area contributed by atoms with E-state index in [9.17, 15) is 23.7 Å². The lowest BCUT2D eigenvalue weighted by Crippen LogP contribution is -2.46. The first kappa shape index (κ1) is 20.0. The van der Waals surface area contributed by atoms with E-state index in [0.717, 1.165) is 25.2 Å². The molecule has 1 aliphatic rings. The molecule has 28 heavy (non-hydrogen) atoms. The van der Waals surface area contributed by atoms with Crippen LogP contribution in [-0.4, -0.2) is 53.2 Å². The van der Waals surface area contributed by atoms with E-state index in [0.29, 0.717) is 43.7 Å². The quantitative estimate of drug-likeness (QED) is 0.413. The molecule has 1 aliphatic heterocycles. The van der Waals surface area contributed by atoms with E-state index in [1.165, 1.54) is 30.3 Å². The zero-order chi connectivity index (χ0) is 20.1. The molecule has 0 spiro atoms. The lowest BCUT2D eigenvalue weighted by molar-refractivity contribution is -0.384. The van der Waals surface area contributed by atoms with Gasteiger partial charge in [-0.25, -0.2) is 8.78 Å². The normalized spacial score (nSPS) is 15.5. The van der Waals surface area contributed by atoms with Gasteiger partial charge in [0.05, 0.1) is 4.92 Å². The van der Waals surface area contributed by atoms with Gasteiger partial charge in [0.2, 0.25) is 0 Å². The third-order valence-corrected chi connectivity index (χ3v) is 4.92. The summed E-state index contributed by atoms with van der Waals surface area (Å²) < 4.78 is 27.0. The fourth-order valence-corrected chi connectivity index (χ4v) is 3.25. The lowest BCUT2D eigenvalue weighted by atomic mass is 10.1. The first-order valence-corrected chi connectivity index (χ1v) is 9.08. The van der Waals surface area contributed by atoms with Gasteiger partial charge < -0.3 is 4.90 Å². The Kier molecular flexibility index (Phi) is 6.43. The second kappa shape index (κ2) is 8.99. The van der Waals surface area contributed by atoms with E-state index in [1.54, 1.807) is 0 Å². The van der Waals surface area contributed by atoms with E-state index in [4.69, 9.17) is 0 Å². The van der Waals surface area contributed by atoms with E-state index in [1.807, 2.05) is 0 Å². The fourth-order valence-electron chi connectivity index (χ4n) is 3.25. The summed E-state index contributed by atoms with van der Waals surface area (Å²) in [5, 5.41) is 10.7. The molecule has 2 aromatic rings. The van der Waals surface area contributed by atoms with E-state index < -0.39 is 16.6 Å². The molecule has 1 saturated heterocycles. The van der Waals surface area contributed by atoms with Crippen LogP contribution in [0.25, 0.3) is 0 Å².